The number of anilines is 1. The first-order valence-corrected chi connectivity index (χ1v) is 12.1. The number of halogens is 2. The lowest BCUT2D eigenvalue weighted by atomic mass is 10.1. The van der Waals surface area contributed by atoms with Gasteiger partial charge in [0, 0.05) is 0 Å². The molecular formula is C25H19BrFNO3S2. The molecule has 1 fully saturated rings. The molecule has 0 radical (unpaired) electrons. The van der Waals surface area contributed by atoms with Gasteiger partial charge in [-0.1, -0.05) is 54.3 Å². The summed E-state index contributed by atoms with van der Waals surface area (Å²) in [6.07, 6.45) is 1.78. The molecule has 0 unspecified atom stereocenters. The molecule has 168 valence electrons. The molecule has 0 spiro atoms. The number of benzene rings is 3. The predicted molar refractivity (Wildman–Crippen MR) is 138 cm³/mol. The standard InChI is InChI=1S/C25H19BrFNO3S2/c1-2-30-21-13-17(12-20(26)23(21)31-15-16-7-6-8-18(27)11-16)14-22-24(29)28(25(32)33-22)19-9-4-3-5-10-19/h3-14H,2,15H2,1H3/b22-14+. The summed E-state index contributed by atoms with van der Waals surface area (Å²) in [5, 5.41) is 0. The lowest BCUT2D eigenvalue weighted by molar-refractivity contribution is -0.113. The van der Waals surface area contributed by atoms with Crippen molar-refractivity contribution in [2.75, 3.05) is 11.5 Å². The van der Waals surface area contributed by atoms with E-state index < -0.39 is 0 Å². The molecule has 1 saturated heterocycles. The van der Waals surface area contributed by atoms with Gasteiger partial charge in [-0.15, -0.1) is 0 Å². The van der Waals surface area contributed by atoms with Crippen molar-refractivity contribution in [1.29, 1.82) is 0 Å². The van der Waals surface area contributed by atoms with E-state index in [2.05, 4.69) is 15.9 Å². The van der Waals surface area contributed by atoms with Crippen LogP contribution in [0.25, 0.3) is 6.08 Å². The third-order valence-electron chi connectivity index (χ3n) is 4.71. The summed E-state index contributed by atoms with van der Waals surface area (Å²) in [5.74, 6) is 0.545. The summed E-state index contributed by atoms with van der Waals surface area (Å²) in [5.41, 5.74) is 2.20. The zero-order chi connectivity index (χ0) is 23.4. The molecule has 1 aliphatic rings. The zero-order valence-electron chi connectivity index (χ0n) is 17.6. The van der Waals surface area contributed by atoms with Crippen molar-refractivity contribution in [3.63, 3.8) is 0 Å². The summed E-state index contributed by atoms with van der Waals surface area (Å²) < 4.78 is 26.3. The minimum atomic E-state index is -0.316. The van der Waals surface area contributed by atoms with Gasteiger partial charge >= 0.3 is 0 Å². The molecule has 4 nitrogen and oxygen atoms in total. The number of hydrogen-bond acceptors (Lipinski definition) is 5. The fraction of sp³-hybridized carbons (Fsp3) is 0.120. The third kappa shape index (κ3) is 5.46. The monoisotopic (exact) mass is 543 g/mol. The Bertz CT molecular complexity index is 1230. The van der Waals surface area contributed by atoms with Crippen LogP contribution in [0.15, 0.2) is 76.1 Å². The van der Waals surface area contributed by atoms with Crippen LogP contribution >= 0.6 is 39.9 Å². The molecule has 33 heavy (non-hydrogen) atoms. The lowest BCUT2D eigenvalue weighted by Crippen LogP contribution is -2.27. The zero-order valence-corrected chi connectivity index (χ0v) is 20.8. The van der Waals surface area contributed by atoms with Gasteiger partial charge in [-0.25, -0.2) is 4.39 Å². The minimum absolute atomic E-state index is 0.170. The first-order valence-electron chi connectivity index (χ1n) is 10.1. The molecule has 4 rings (SSSR count). The van der Waals surface area contributed by atoms with Crippen LogP contribution in [-0.2, 0) is 11.4 Å². The molecule has 0 aromatic heterocycles. The quantitative estimate of drug-likeness (QED) is 0.237. The second-order valence-electron chi connectivity index (χ2n) is 7.03. The Morgan fingerprint density at radius 2 is 1.88 bits per heavy atom. The number of para-hydroxylation sites is 1. The fourth-order valence-electron chi connectivity index (χ4n) is 3.28. The minimum Gasteiger partial charge on any atom is -0.490 e. The Kier molecular flexibility index (Phi) is 7.47. The highest BCUT2D eigenvalue weighted by molar-refractivity contribution is 9.10. The van der Waals surface area contributed by atoms with E-state index >= 15 is 0 Å². The summed E-state index contributed by atoms with van der Waals surface area (Å²) in [6.45, 7) is 2.50. The van der Waals surface area contributed by atoms with E-state index in [9.17, 15) is 9.18 Å². The second-order valence-corrected chi connectivity index (χ2v) is 9.56. The van der Waals surface area contributed by atoms with Crippen LogP contribution in [0.1, 0.15) is 18.1 Å². The van der Waals surface area contributed by atoms with Gasteiger partial charge in [0.1, 0.15) is 12.4 Å². The summed E-state index contributed by atoms with van der Waals surface area (Å²) in [4.78, 5) is 15.1. The highest BCUT2D eigenvalue weighted by Gasteiger charge is 2.33. The Hall–Kier alpha value is -2.68. The smallest absolute Gasteiger partial charge is 0.270 e. The van der Waals surface area contributed by atoms with Gasteiger partial charge in [0.15, 0.2) is 15.8 Å². The Morgan fingerprint density at radius 3 is 2.61 bits per heavy atom. The first kappa shape index (κ1) is 23.5. The van der Waals surface area contributed by atoms with Crippen LogP contribution in [0.5, 0.6) is 11.5 Å². The molecule has 0 N–H and O–H groups in total. The SMILES string of the molecule is CCOc1cc(/C=C2/SC(=S)N(c3ccccc3)C2=O)cc(Br)c1OCc1cccc(F)c1. The van der Waals surface area contributed by atoms with E-state index in [-0.39, 0.29) is 18.3 Å². The number of amides is 1. The molecule has 1 heterocycles. The molecule has 0 aliphatic carbocycles. The average molecular weight is 544 g/mol. The van der Waals surface area contributed by atoms with Crippen molar-refractivity contribution >= 4 is 61.9 Å². The van der Waals surface area contributed by atoms with E-state index in [1.54, 1.807) is 18.2 Å². The van der Waals surface area contributed by atoms with Crippen molar-refractivity contribution < 1.29 is 18.7 Å². The molecule has 3 aromatic carbocycles. The van der Waals surface area contributed by atoms with Crippen LogP contribution in [0.3, 0.4) is 0 Å². The van der Waals surface area contributed by atoms with Gasteiger partial charge in [-0.05, 0) is 76.5 Å². The van der Waals surface area contributed by atoms with Crippen molar-refractivity contribution in [2.24, 2.45) is 0 Å². The van der Waals surface area contributed by atoms with Gasteiger partial charge in [-0.3, -0.25) is 9.69 Å². The summed E-state index contributed by atoms with van der Waals surface area (Å²) >= 11 is 10.2. The number of thiocarbonyl (C=S) groups is 1. The molecule has 0 bridgehead atoms. The van der Waals surface area contributed by atoms with Crippen LogP contribution < -0.4 is 14.4 Å². The van der Waals surface area contributed by atoms with Crippen LogP contribution in [0, 0.1) is 5.82 Å². The Balaban J connectivity index is 1.60. The number of hydrogen-bond donors (Lipinski definition) is 0. The van der Waals surface area contributed by atoms with Crippen LogP contribution in [0.2, 0.25) is 0 Å². The molecule has 0 atom stereocenters. The number of nitrogens with zero attached hydrogens (tertiary/aromatic N) is 1. The van der Waals surface area contributed by atoms with Gasteiger partial charge in [0.25, 0.3) is 5.91 Å². The van der Waals surface area contributed by atoms with E-state index in [1.807, 2.05) is 49.4 Å². The largest absolute Gasteiger partial charge is 0.490 e. The van der Waals surface area contributed by atoms with Gasteiger partial charge in [0.2, 0.25) is 0 Å². The molecule has 3 aromatic rings. The average Bonchev–Trinajstić information content (AvgIpc) is 3.06. The summed E-state index contributed by atoms with van der Waals surface area (Å²) in [6, 6.07) is 19.2. The maximum absolute atomic E-state index is 13.5. The first-order chi connectivity index (χ1) is 16.0. The van der Waals surface area contributed by atoms with Crippen LogP contribution in [0.4, 0.5) is 10.1 Å². The second kappa shape index (κ2) is 10.5. The fourth-order valence-corrected chi connectivity index (χ4v) is 5.15. The highest BCUT2D eigenvalue weighted by atomic mass is 79.9. The molecule has 1 amide bonds. The Morgan fingerprint density at radius 1 is 1.09 bits per heavy atom. The molecular weight excluding hydrogens is 525 g/mol. The van der Waals surface area contributed by atoms with Crippen molar-refractivity contribution in [3.05, 3.63) is 93.1 Å². The maximum Gasteiger partial charge on any atom is 0.270 e. The normalized spacial score (nSPS) is 14.8. The van der Waals surface area contributed by atoms with E-state index in [1.165, 1.54) is 28.8 Å². The maximum atomic E-state index is 13.5. The van der Waals surface area contributed by atoms with Crippen molar-refractivity contribution in [2.45, 2.75) is 13.5 Å². The van der Waals surface area contributed by atoms with E-state index in [0.717, 1.165) is 11.3 Å². The number of ether oxygens (including phenoxy) is 2. The van der Waals surface area contributed by atoms with E-state index in [4.69, 9.17) is 21.7 Å². The highest BCUT2D eigenvalue weighted by Crippen LogP contribution is 2.40. The number of thioether (sulfide) groups is 1. The number of rotatable bonds is 7. The van der Waals surface area contributed by atoms with Crippen molar-refractivity contribution in [3.8, 4) is 11.5 Å². The van der Waals surface area contributed by atoms with E-state index in [0.29, 0.717) is 37.4 Å². The topological polar surface area (TPSA) is 38.8 Å². The Labute approximate surface area is 209 Å². The molecule has 0 saturated carbocycles. The van der Waals surface area contributed by atoms with Crippen LogP contribution in [-0.4, -0.2) is 16.8 Å². The predicted octanol–water partition coefficient (Wildman–Crippen LogP) is 6.97. The third-order valence-corrected chi connectivity index (χ3v) is 6.60. The number of carbonyl (C=O) groups excluding carboxylic acids is 1. The number of carbonyl (C=O) groups is 1. The van der Waals surface area contributed by atoms with Gasteiger partial charge in [0.05, 0.1) is 21.7 Å². The molecule has 1 aliphatic heterocycles. The van der Waals surface area contributed by atoms with Gasteiger partial charge in [-0.2, -0.15) is 0 Å². The summed E-state index contributed by atoms with van der Waals surface area (Å²) in [7, 11) is 0. The van der Waals surface area contributed by atoms with Crippen molar-refractivity contribution in [1.82, 2.24) is 0 Å². The lowest BCUT2D eigenvalue weighted by Gasteiger charge is -2.15. The molecule has 8 heteroatoms. The van der Waals surface area contributed by atoms with Gasteiger partial charge < -0.3 is 9.47 Å².